The number of pyridine rings is 1. The highest BCUT2D eigenvalue weighted by Gasteiger charge is 2.19. The van der Waals surface area contributed by atoms with Crippen LogP contribution in [0.15, 0.2) is 47.6 Å². The monoisotopic (exact) mass is 370 g/mol. The van der Waals surface area contributed by atoms with Gasteiger partial charge in [0.25, 0.3) is 15.9 Å². The van der Waals surface area contributed by atoms with Crippen molar-refractivity contribution in [2.45, 2.75) is 4.90 Å². The summed E-state index contributed by atoms with van der Waals surface area (Å²) in [5, 5.41) is 10.2. The molecular weight excluding hydrogens is 356 g/mol. The molecular formula is C16H14N6O3S. The first-order valence-electron chi connectivity index (χ1n) is 7.64. The van der Waals surface area contributed by atoms with Crippen molar-refractivity contribution in [2.75, 3.05) is 11.8 Å². The van der Waals surface area contributed by atoms with Crippen molar-refractivity contribution in [3.63, 3.8) is 0 Å². The highest BCUT2D eigenvalue weighted by molar-refractivity contribution is 7.92. The highest BCUT2D eigenvalue weighted by Crippen LogP contribution is 2.29. The molecule has 1 aromatic carbocycles. The molecule has 10 heteroatoms. The van der Waals surface area contributed by atoms with E-state index in [-0.39, 0.29) is 22.3 Å². The molecule has 0 aliphatic rings. The van der Waals surface area contributed by atoms with E-state index >= 15 is 0 Å². The summed E-state index contributed by atoms with van der Waals surface area (Å²) in [5.74, 6) is -0.0500. The van der Waals surface area contributed by atoms with Gasteiger partial charge < -0.3 is 10.3 Å². The van der Waals surface area contributed by atoms with Gasteiger partial charge in [0.2, 0.25) is 0 Å². The molecule has 0 saturated carbocycles. The second-order valence-electron chi connectivity index (χ2n) is 5.57. The standard InChI is InChI=1S/C16H14N6O3S/c1-17-16(23)15-14-10(4-6-18-15)11-8-9(2-3-12(11)20-14)26(24,25)22-13-5-7-19-21-13/h2-8,20H,1H3,(H,17,23)(H2,19,21,22). The van der Waals surface area contributed by atoms with Crippen molar-refractivity contribution < 1.29 is 13.2 Å². The fraction of sp³-hybridized carbons (Fsp3) is 0.0625. The van der Waals surface area contributed by atoms with Crippen LogP contribution in [0.1, 0.15) is 10.5 Å². The molecule has 132 valence electrons. The maximum atomic E-state index is 12.6. The lowest BCUT2D eigenvalue weighted by molar-refractivity contribution is 0.0960. The van der Waals surface area contributed by atoms with Crippen molar-refractivity contribution in [3.8, 4) is 0 Å². The fourth-order valence-electron chi connectivity index (χ4n) is 2.78. The minimum atomic E-state index is -3.78. The van der Waals surface area contributed by atoms with E-state index in [0.29, 0.717) is 21.8 Å². The summed E-state index contributed by atoms with van der Waals surface area (Å²) in [4.78, 5) is 19.3. The Morgan fingerprint density at radius 1 is 1.12 bits per heavy atom. The summed E-state index contributed by atoms with van der Waals surface area (Å²) in [6, 6.07) is 7.96. The van der Waals surface area contributed by atoms with Crippen LogP contribution in [0.3, 0.4) is 0 Å². The molecule has 0 saturated heterocycles. The van der Waals surface area contributed by atoms with Crippen LogP contribution in [-0.2, 0) is 10.0 Å². The number of aromatic amines is 2. The van der Waals surface area contributed by atoms with Gasteiger partial charge in [-0.3, -0.25) is 14.6 Å². The lowest BCUT2D eigenvalue weighted by Crippen LogP contribution is -2.19. The van der Waals surface area contributed by atoms with Gasteiger partial charge in [-0.25, -0.2) is 13.4 Å². The van der Waals surface area contributed by atoms with Crippen LogP contribution in [0.4, 0.5) is 5.82 Å². The van der Waals surface area contributed by atoms with Crippen molar-refractivity contribution >= 4 is 43.6 Å². The normalized spacial score (nSPS) is 11.7. The Kier molecular flexibility index (Phi) is 3.62. The number of nitrogens with zero attached hydrogens (tertiary/aromatic N) is 2. The predicted molar refractivity (Wildman–Crippen MR) is 96.4 cm³/mol. The van der Waals surface area contributed by atoms with Gasteiger partial charge in [-0.15, -0.1) is 0 Å². The second-order valence-corrected chi connectivity index (χ2v) is 7.25. The van der Waals surface area contributed by atoms with Crippen LogP contribution >= 0.6 is 0 Å². The number of rotatable bonds is 4. The first-order valence-corrected chi connectivity index (χ1v) is 9.12. The van der Waals surface area contributed by atoms with Crippen LogP contribution in [0.2, 0.25) is 0 Å². The van der Waals surface area contributed by atoms with Crippen LogP contribution in [0.25, 0.3) is 21.8 Å². The van der Waals surface area contributed by atoms with Gasteiger partial charge in [-0.05, 0) is 24.3 Å². The van der Waals surface area contributed by atoms with Crippen molar-refractivity contribution in [2.24, 2.45) is 0 Å². The van der Waals surface area contributed by atoms with Crippen molar-refractivity contribution in [1.82, 2.24) is 25.5 Å². The van der Waals surface area contributed by atoms with Crippen molar-refractivity contribution in [1.29, 1.82) is 0 Å². The third-order valence-corrected chi connectivity index (χ3v) is 5.35. The Hall–Kier alpha value is -3.40. The molecule has 4 rings (SSSR count). The Morgan fingerprint density at radius 3 is 2.69 bits per heavy atom. The average Bonchev–Trinajstić information content (AvgIpc) is 3.27. The van der Waals surface area contributed by atoms with Gasteiger partial charge >= 0.3 is 0 Å². The molecule has 0 atom stereocenters. The van der Waals surface area contributed by atoms with Crippen molar-refractivity contribution in [3.05, 3.63) is 48.4 Å². The zero-order valence-electron chi connectivity index (χ0n) is 13.6. The minimum Gasteiger partial charge on any atom is -0.354 e. The molecule has 0 fully saturated rings. The Balaban J connectivity index is 1.87. The number of anilines is 1. The second kappa shape index (κ2) is 5.85. The summed E-state index contributed by atoms with van der Waals surface area (Å²) in [7, 11) is -2.26. The van der Waals surface area contributed by atoms with Gasteiger partial charge in [-0.1, -0.05) is 0 Å². The molecule has 0 aliphatic heterocycles. The van der Waals surface area contributed by atoms with Crippen LogP contribution in [0.5, 0.6) is 0 Å². The number of nitrogens with one attached hydrogen (secondary N) is 4. The highest BCUT2D eigenvalue weighted by atomic mass is 32.2. The first-order chi connectivity index (χ1) is 12.5. The smallest absolute Gasteiger partial charge is 0.271 e. The Labute approximate surface area is 147 Å². The fourth-order valence-corrected chi connectivity index (χ4v) is 3.82. The molecule has 1 amide bonds. The summed E-state index contributed by atoms with van der Waals surface area (Å²) in [6.07, 6.45) is 2.97. The minimum absolute atomic E-state index is 0.0961. The molecule has 0 unspecified atom stereocenters. The summed E-state index contributed by atoms with van der Waals surface area (Å²) < 4.78 is 27.6. The molecule has 0 radical (unpaired) electrons. The quantitative estimate of drug-likeness (QED) is 0.433. The van der Waals surface area contributed by atoms with E-state index in [1.54, 1.807) is 18.2 Å². The number of aromatic nitrogens is 4. The summed E-state index contributed by atoms with van der Waals surface area (Å²) >= 11 is 0. The lowest BCUT2D eigenvalue weighted by atomic mass is 10.1. The Morgan fingerprint density at radius 2 is 1.96 bits per heavy atom. The molecule has 4 N–H and O–H groups in total. The third kappa shape index (κ3) is 2.56. The molecule has 4 aromatic rings. The molecule has 0 spiro atoms. The number of carbonyl (C=O) groups is 1. The van der Waals surface area contributed by atoms with Gasteiger partial charge in [0.1, 0.15) is 5.82 Å². The number of amides is 1. The average molecular weight is 370 g/mol. The third-order valence-electron chi connectivity index (χ3n) is 3.99. The van der Waals surface area contributed by atoms with E-state index in [1.807, 2.05) is 0 Å². The van der Waals surface area contributed by atoms with E-state index in [2.05, 4.69) is 30.2 Å². The molecule has 9 nitrogen and oxygen atoms in total. The van der Waals surface area contributed by atoms with E-state index < -0.39 is 10.0 Å². The Bertz CT molecular complexity index is 1230. The van der Waals surface area contributed by atoms with Crippen LogP contribution in [0, 0.1) is 0 Å². The van der Waals surface area contributed by atoms with Crippen LogP contribution < -0.4 is 10.0 Å². The van der Waals surface area contributed by atoms with Crippen LogP contribution in [-0.4, -0.2) is 41.5 Å². The number of hydrogen-bond donors (Lipinski definition) is 4. The van der Waals surface area contributed by atoms with Gasteiger partial charge in [-0.2, -0.15) is 5.10 Å². The first kappa shape index (κ1) is 16.1. The largest absolute Gasteiger partial charge is 0.354 e. The zero-order valence-corrected chi connectivity index (χ0v) is 14.4. The number of sulfonamides is 1. The van der Waals surface area contributed by atoms with Gasteiger partial charge in [0.05, 0.1) is 16.6 Å². The van der Waals surface area contributed by atoms with E-state index in [9.17, 15) is 13.2 Å². The number of H-pyrrole nitrogens is 2. The SMILES string of the molecule is CNC(=O)c1nccc2c1[nH]c1ccc(S(=O)(=O)Nc3ccn[nH]3)cc12. The molecule has 0 aliphatic carbocycles. The molecule has 26 heavy (non-hydrogen) atoms. The molecule has 3 aromatic heterocycles. The zero-order chi connectivity index (χ0) is 18.3. The number of benzene rings is 1. The number of carbonyl (C=O) groups excluding carboxylic acids is 1. The lowest BCUT2D eigenvalue weighted by Gasteiger charge is -2.06. The predicted octanol–water partition coefficient (Wildman–Crippen LogP) is 1.60. The summed E-state index contributed by atoms with van der Waals surface area (Å²) in [6.45, 7) is 0. The van der Waals surface area contributed by atoms with E-state index in [1.165, 1.54) is 31.6 Å². The number of fused-ring (bicyclic) bond motifs is 3. The summed E-state index contributed by atoms with van der Waals surface area (Å²) in [5.41, 5.74) is 1.51. The van der Waals surface area contributed by atoms with E-state index in [0.717, 1.165) is 0 Å². The topological polar surface area (TPSA) is 133 Å². The van der Waals surface area contributed by atoms with E-state index in [4.69, 9.17) is 0 Å². The van der Waals surface area contributed by atoms with Gasteiger partial charge in [0.15, 0.2) is 5.69 Å². The maximum absolute atomic E-state index is 12.6. The van der Waals surface area contributed by atoms with Gasteiger partial charge in [0, 0.05) is 35.6 Å². The molecule has 3 heterocycles. The number of hydrogen-bond acceptors (Lipinski definition) is 5. The molecule has 0 bridgehead atoms. The maximum Gasteiger partial charge on any atom is 0.271 e.